The number of hydrogen-bond donors (Lipinski definition) is 0. The topological polar surface area (TPSA) is 38.2 Å². The van der Waals surface area contributed by atoms with Crippen LogP contribution in [0.1, 0.15) is 12.8 Å². The molecule has 0 spiro atoms. The van der Waals surface area contributed by atoms with Crippen molar-refractivity contribution >= 4 is 17.4 Å². The quantitative estimate of drug-likeness (QED) is 0.786. The highest BCUT2D eigenvalue weighted by Crippen LogP contribution is 2.35. The first kappa shape index (κ1) is 14.2. The minimum Gasteiger partial charge on any atom is -0.467 e. The minimum absolute atomic E-state index is 0.0629. The molecule has 1 aliphatic rings. The molecule has 8 heteroatoms. The van der Waals surface area contributed by atoms with E-state index in [1.807, 2.05) is 0 Å². The second-order valence-electron chi connectivity index (χ2n) is 4.34. The van der Waals surface area contributed by atoms with E-state index in [1.165, 1.54) is 13.2 Å². The van der Waals surface area contributed by atoms with Crippen LogP contribution in [0.2, 0.25) is 5.15 Å². The predicted molar refractivity (Wildman–Crippen MR) is 64.6 cm³/mol. The molecule has 1 aromatic rings. The zero-order chi connectivity index (χ0) is 14.0. The molecule has 0 radical (unpaired) electrons. The SMILES string of the molecule is COc1nc(Cl)cc(N2CCC(C(F)(F)F)CC2)n1. The van der Waals surface area contributed by atoms with Crippen molar-refractivity contribution in [2.75, 3.05) is 25.1 Å². The standard InChI is InChI=1S/C11H13ClF3N3O/c1-19-10-16-8(12)6-9(17-10)18-4-2-7(3-5-18)11(13,14)15/h6-7H,2-5H2,1H3. The molecule has 0 aromatic carbocycles. The van der Waals surface area contributed by atoms with Gasteiger partial charge in [-0.1, -0.05) is 11.6 Å². The zero-order valence-electron chi connectivity index (χ0n) is 10.2. The summed E-state index contributed by atoms with van der Waals surface area (Å²) in [6.07, 6.45) is -3.99. The van der Waals surface area contributed by atoms with Crippen molar-refractivity contribution in [3.05, 3.63) is 11.2 Å². The van der Waals surface area contributed by atoms with Gasteiger partial charge in [0.1, 0.15) is 11.0 Å². The molecule has 19 heavy (non-hydrogen) atoms. The van der Waals surface area contributed by atoms with Gasteiger partial charge in [-0.25, -0.2) is 0 Å². The van der Waals surface area contributed by atoms with Crippen LogP contribution in [0.15, 0.2) is 6.07 Å². The molecule has 2 rings (SSSR count). The van der Waals surface area contributed by atoms with E-state index >= 15 is 0 Å². The summed E-state index contributed by atoms with van der Waals surface area (Å²) in [7, 11) is 1.41. The van der Waals surface area contributed by atoms with Gasteiger partial charge in [-0.05, 0) is 12.8 Å². The summed E-state index contributed by atoms with van der Waals surface area (Å²) in [5.41, 5.74) is 0. The maximum Gasteiger partial charge on any atom is 0.391 e. The van der Waals surface area contributed by atoms with Gasteiger partial charge in [0, 0.05) is 19.2 Å². The van der Waals surface area contributed by atoms with Crippen LogP contribution in [-0.2, 0) is 0 Å². The van der Waals surface area contributed by atoms with Gasteiger partial charge in [0.2, 0.25) is 0 Å². The molecule has 0 amide bonds. The van der Waals surface area contributed by atoms with Crippen LogP contribution in [0, 0.1) is 5.92 Å². The summed E-state index contributed by atoms with van der Waals surface area (Å²) in [5.74, 6) is -0.736. The van der Waals surface area contributed by atoms with Crippen LogP contribution in [0.4, 0.5) is 19.0 Å². The number of hydrogen-bond acceptors (Lipinski definition) is 4. The summed E-state index contributed by atoms with van der Waals surface area (Å²) in [6, 6.07) is 1.64. The maximum absolute atomic E-state index is 12.6. The van der Waals surface area contributed by atoms with Crippen molar-refractivity contribution in [2.45, 2.75) is 19.0 Å². The van der Waals surface area contributed by atoms with Crippen LogP contribution in [0.3, 0.4) is 0 Å². The first-order chi connectivity index (χ1) is 8.90. The molecule has 0 atom stereocenters. The monoisotopic (exact) mass is 295 g/mol. The first-order valence-electron chi connectivity index (χ1n) is 5.80. The number of piperidine rings is 1. The Hall–Kier alpha value is -1.24. The number of anilines is 1. The molecular weight excluding hydrogens is 283 g/mol. The van der Waals surface area contributed by atoms with Crippen molar-refractivity contribution < 1.29 is 17.9 Å². The van der Waals surface area contributed by atoms with E-state index in [9.17, 15) is 13.2 Å². The van der Waals surface area contributed by atoms with E-state index in [2.05, 4.69) is 9.97 Å². The van der Waals surface area contributed by atoms with Gasteiger partial charge in [-0.2, -0.15) is 23.1 Å². The van der Waals surface area contributed by atoms with Crippen molar-refractivity contribution in [1.29, 1.82) is 0 Å². The van der Waals surface area contributed by atoms with E-state index in [4.69, 9.17) is 16.3 Å². The average molecular weight is 296 g/mol. The highest BCUT2D eigenvalue weighted by Gasteiger charge is 2.41. The van der Waals surface area contributed by atoms with Gasteiger partial charge in [0.25, 0.3) is 0 Å². The number of halogens is 4. The zero-order valence-corrected chi connectivity index (χ0v) is 11.0. The van der Waals surface area contributed by atoms with E-state index in [1.54, 1.807) is 4.90 Å². The molecule has 2 heterocycles. The first-order valence-corrected chi connectivity index (χ1v) is 6.18. The van der Waals surface area contributed by atoms with Gasteiger partial charge < -0.3 is 9.64 Å². The van der Waals surface area contributed by atoms with Gasteiger partial charge in [0.05, 0.1) is 13.0 Å². The van der Waals surface area contributed by atoms with Crippen molar-refractivity contribution in [3.8, 4) is 6.01 Å². The Bertz CT molecular complexity index is 447. The fraction of sp³-hybridized carbons (Fsp3) is 0.636. The summed E-state index contributed by atoms with van der Waals surface area (Å²) in [6.45, 7) is 0.585. The molecule has 1 aromatic heterocycles. The Kier molecular flexibility index (Phi) is 4.03. The number of rotatable bonds is 2. The molecular formula is C11H13ClF3N3O. The second-order valence-corrected chi connectivity index (χ2v) is 4.73. The lowest BCUT2D eigenvalue weighted by molar-refractivity contribution is -0.179. The fourth-order valence-electron chi connectivity index (χ4n) is 2.07. The smallest absolute Gasteiger partial charge is 0.391 e. The highest BCUT2D eigenvalue weighted by molar-refractivity contribution is 6.29. The molecule has 106 valence electrons. The number of nitrogens with zero attached hydrogens (tertiary/aromatic N) is 3. The number of ether oxygens (including phenoxy) is 1. The normalized spacial score (nSPS) is 17.6. The van der Waals surface area contributed by atoms with Gasteiger partial charge in [-0.3, -0.25) is 0 Å². The minimum atomic E-state index is -4.12. The molecule has 0 unspecified atom stereocenters. The summed E-state index contributed by atoms with van der Waals surface area (Å²) in [5, 5.41) is 0.208. The predicted octanol–water partition coefficient (Wildman–Crippen LogP) is 2.92. The van der Waals surface area contributed by atoms with Gasteiger partial charge >= 0.3 is 12.2 Å². The third kappa shape index (κ3) is 3.40. The van der Waals surface area contributed by atoms with Crippen molar-refractivity contribution in [3.63, 3.8) is 0 Å². The van der Waals surface area contributed by atoms with Crippen molar-refractivity contribution in [1.82, 2.24) is 9.97 Å². The Balaban J connectivity index is 2.07. The van der Waals surface area contributed by atoms with E-state index in [0.29, 0.717) is 18.9 Å². The average Bonchev–Trinajstić information content (AvgIpc) is 2.37. The summed E-state index contributed by atoms with van der Waals surface area (Å²) < 4.78 is 42.6. The Labute approximate surface area is 113 Å². The number of aromatic nitrogens is 2. The van der Waals surface area contributed by atoms with E-state index in [0.717, 1.165) is 0 Å². The summed E-state index contributed by atoms with van der Waals surface area (Å²) >= 11 is 5.81. The highest BCUT2D eigenvalue weighted by atomic mass is 35.5. The van der Waals surface area contributed by atoms with Gasteiger partial charge in [-0.15, -0.1) is 0 Å². The summed E-state index contributed by atoms with van der Waals surface area (Å²) in [4.78, 5) is 9.68. The molecule has 1 saturated heterocycles. The van der Waals surface area contributed by atoms with Gasteiger partial charge in [0.15, 0.2) is 0 Å². The van der Waals surface area contributed by atoms with E-state index < -0.39 is 12.1 Å². The fourth-order valence-corrected chi connectivity index (χ4v) is 2.24. The molecule has 0 N–H and O–H groups in total. The molecule has 1 fully saturated rings. The molecule has 0 saturated carbocycles. The lowest BCUT2D eigenvalue weighted by Crippen LogP contribution is -2.39. The Morgan fingerprint density at radius 1 is 1.32 bits per heavy atom. The number of alkyl halides is 3. The lowest BCUT2D eigenvalue weighted by atomic mass is 9.96. The Morgan fingerprint density at radius 3 is 2.47 bits per heavy atom. The second kappa shape index (κ2) is 5.40. The van der Waals surface area contributed by atoms with Crippen molar-refractivity contribution in [2.24, 2.45) is 5.92 Å². The van der Waals surface area contributed by atoms with Crippen LogP contribution in [0.25, 0.3) is 0 Å². The number of methoxy groups -OCH3 is 1. The Morgan fingerprint density at radius 2 is 1.95 bits per heavy atom. The largest absolute Gasteiger partial charge is 0.467 e. The molecule has 0 bridgehead atoms. The molecule has 0 aliphatic carbocycles. The third-order valence-corrected chi connectivity index (χ3v) is 3.32. The lowest BCUT2D eigenvalue weighted by Gasteiger charge is -2.33. The molecule has 1 aliphatic heterocycles. The van der Waals surface area contributed by atoms with E-state index in [-0.39, 0.29) is 24.0 Å². The van der Waals surface area contributed by atoms with Crippen LogP contribution in [-0.4, -0.2) is 36.3 Å². The van der Waals surface area contributed by atoms with Crippen LogP contribution < -0.4 is 9.64 Å². The van der Waals surface area contributed by atoms with Crippen LogP contribution in [0.5, 0.6) is 6.01 Å². The molecule has 4 nitrogen and oxygen atoms in total. The third-order valence-electron chi connectivity index (χ3n) is 3.13. The van der Waals surface area contributed by atoms with Crippen LogP contribution >= 0.6 is 11.6 Å². The maximum atomic E-state index is 12.6.